The lowest BCUT2D eigenvalue weighted by atomic mass is 10.1. The van der Waals surface area contributed by atoms with Gasteiger partial charge in [0.2, 0.25) is 5.88 Å². The van der Waals surface area contributed by atoms with Gasteiger partial charge in [0.1, 0.15) is 0 Å². The summed E-state index contributed by atoms with van der Waals surface area (Å²) in [6.45, 7) is 4.40. The lowest BCUT2D eigenvalue weighted by Gasteiger charge is -2.24. The lowest BCUT2D eigenvalue weighted by molar-refractivity contribution is 0.392. The first kappa shape index (κ1) is 14.3. The van der Waals surface area contributed by atoms with Gasteiger partial charge in [0.15, 0.2) is 0 Å². The van der Waals surface area contributed by atoms with Crippen LogP contribution in [-0.4, -0.2) is 18.6 Å². The molecule has 106 valence electrons. The minimum atomic E-state index is 0.572. The number of benzene rings is 1. The van der Waals surface area contributed by atoms with Crippen LogP contribution in [0.1, 0.15) is 18.1 Å². The first-order valence-electron chi connectivity index (χ1n) is 6.80. The number of methoxy groups -OCH3 is 1. The van der Waals surface area contributed by atoms with Crippen LogP contribution in [0.2, 0.25) is 0 Å². The fourth-order valence-electron chi connectivity index (χ4n) is 2.16. The molecule has 1 heterocycles. The van der Waals surface area contributed by atoms with Crippen LogP contribution in [0.25, 0.3) is 0 Å². The highest BCUT2D eigenvalue weighted by molar-refractivity contribution is 5.48. The number of hydrogen-bond acceptors (Lipinski definition) is 4. The van der Waals surface area contributed by atoms with E-state index in [0.717, 1.165) is 24.2 Å². The van der Waals surface area contributed by atoms with E-state index in [1.165, 1.54) is 5.69 Å². The average Bonchev–Trinajstić information content (AvgIpc) is 2.53. The van der Waals surface area contributed by atoms with Gasteiger partial charge in [-0.15, -0.1) is 0 Å². The monoisotopic (exact) mass is 271 g/mol. The van der Waals surface area contributed by atoms with E-state index in [1.54, 1.807) is 13.3 Å². The van der Waals surface area contributed by atoms with Gasteiger partial charge in [-0.05, 0) is 30.7 Å². The molecule has 0 spiro atoms. The average molecular weight is 271 g/mol. The Morgan fingerprint density at radius 1 is 1.20 bits per heavy atom. The molecule has 1 aromatic heterocycles. The van der Waals surface area contributed by atoms with Crippen LogP contribution in [0.3, 0.4) is 0 Å². The standard InChI is InChI=1S/C16H21N3O/c1-3-19(15-8-6-13(11-17)7-9-15)12-14-5-4-10-18-16(14)20-2/h4-10H,3,11-12,17H2,1-2H3. The van der Waals surface area contributed by atoms with Gasteiger partial charge in [0.25, 0.3) is 0 Å². The van der Waals surface area contributed by atoms with E-state index < -0.39 is 0 Å². The van der Waals surface area contributed by atoms with Gasteiger partial charge in [0, 0.05) is 37.1 Å². The fraction of sp³-hybridized carbons (Fsp3) is 0.312. The van der Waals surface area contributed by atoms with E-state index in [4.69, 9.17) is 10.5 Å². The maximum absolute atomic E-state index is 5.63. The Labute approximate surface area is 120 Å². The zero-order chi connectivity index (χ0) is 14.4. The zero-order valence-electron chi connectivity index (χ0n) is 12.0. The molecule has 0 atom stereocenters. The number of rotatable bonds is 6. The fourth-order valence-corrected chi connectivity index (χ4v) is 2.16. The number of hydrogen-bond donors (Lipinski definition) is 1. The topological polar surface area (TPSA) is 51.4 Å². The molecule has 2 aromatic rings. The highest BCUT2D eigenvalue weighted by Gasteiger charge is 2.09. The highest BCUT2D eigenvalue weighted by atomic mass is 16.5. The summed E-state index contributed by atoms with van der Waals surface area (Å²) in [5.41, 5.74) is 9.03. The van der Waals surface area contributed by atoms with E-state index in [0.29, 0.717) is 12.4 Å². The van der Waals surface area contributed by atoms with Gasteiger partial charge in [-0.3, -0.25) is 0 Å². The van der Waals surface area contributed by atoms with Gasteiger partial charge < -0.3 is 15.4 Å². The molecule has 2 rings (SSSR count). The number of aromatic nitrogens is 1. The minimum Gasteiger partial charge on any atom is -0.481 e. The lowest BCUT2D eigenvalue weighted by Crippen LogP contribution is -2.22. The first-order chi connectivity index (χ1) is 9.78. The molecule has 0 saturated carbocycles. The molecule has 20 heavy (non-hydrogen) atoms. The van der Waals surface area contributed by atoms with Crippen molar-refractivity contribution in [3.63, 3.8) is 0 Å². The number of nitrogens with two attached hydrogens (primary N) is 1. The molecule has 0 amide bonds. The van der Waals surface area contributed by atoms with Gasteiger partial charge in [-0.2, -0.15) is 0 Å². The molecule has 0 fully saturated rings. The van der Waals surface area contributed by atoms with Crippen LogP contribution in [0, 0.1) is 0 Å². The highest BCUT2D eigenvalue weighted by Crippen LogP contribution is 2.21. The number of nitrogens with zero attached hydrogens (tertiary/aromatic N) is 2. The molecule has 0 saturated heterocycles. The normalized spacial score (nSPS) is 10.3. The smallest absolute Gasteiger partial charge is 0.218 e. The maximum atomic E-state index is 5.63. The molecular weight excluding hydrogens is 250 g/mol. The Morgan fingerprint density at radius 3 is 2.55 bits per heavy atom. The summed E-state index contributed by atoms with van der Waals surface area (Å²) in [7, 11) is 1.65. The molecular formula is C16H21N3O. The van der Waals surface area contributed by atoms with Gasteiger partial charge in [0.05, 0.1) is 7.11 Å². The second-order valence-electron chi connectivity index (χ2n) is 4.56. The third-order valence-corrected chi connectivity index (χ3v) is 3.32. The first-order valence-corrected chi connectivity index (χ1v) is 6.80. The second-order valence-corrected chi connectivity index (χ2v) is 4.56. The molecule has 4 heteroatoms. The van der Waals surface area contributed by atoms with Crippen LogP contribution < -0.4 is 15.4 Å². The molecule has 0 aliphatic heterocycles. The summed E-state index contributed by atoms with van der Waals surface area (Å²) < 4.78 is 5.31. The number of ether oxygens (including phenoxy) is 1. The van der Waals surface area contributed by atoms with E-state index in [9.17, 15) is 0 Å². The van der Waals surface area contributed by atoms with E-state index in [-0.39, 0.29) is 0 Å². The van der Waals surface area contributed by atoms with Crippen LogP contribution in [0.15, 0.2) is 42.6 Å². The molecule has 0 bridgehead atoms. The van der Waals surface area contributed by atoms with E-state index in [2.05, 4.69) is 41.1 Å². The van der Waals surface area contributed by atoms with Crippen LogP contribution in [0.5, 0.6) is 5.88 Å². The summed E-state index contributed by atoms with van der Waals surface area (Å²) in [6.07, 6.45) is 1.74. The molecule has 0 aliphatic rings. The predicted octanol–water partition coefficient (Wildman–Crippen LogP) is 2.58. The Bertz CT molecular complexity index is 540. The predicted molar refractivity (Wildman–Crippen MR) is 81.8 cm³/mol. The molecule has 1 aromatic carbocycles. The van der Waals surface area contributed by atoms with Crippen molar-refractivity contribution < 1.29 is 4.74 Å². The van der Waals surface area contributed by atoms with Crippen molar-refractivity contribution in [1.29, 1.82) is 0 Å². The van der Waals surface area contributed by atoms with Gasteiger partial charge in [-0.25, -0.2) is 4.98 Å². The van der Waals surface area contributed by atoms with Crippen molar-refractivity contribution in [2.45, 2.75) is 20.0 Å². The van der Waals surface area contributed by atoms with Crippen molar-refractivity contribution in [2.75, 3.05) is 18.6 Å². The molecule has 0 radical (unpaired) electrons. The SMILES string of the molecule is CCN(Cc1cccnc1OC)c1ccc(CN)cc1. The van der Waals surface area contributed by atoms with Crippen molar-refractivity contribution in [3.05, 3.63) is 53.7 Å². The Kier molecular flexibility index (Phi) is 4.96. The van der Waals surface area contributed by atoms with Gasteiger partial charge in [-0.1, -0.05) is 18.2 Å². The minimum absolute atomic E-state index is 0.572. The quantitative estimate of drug-likeness (QED) is 0.877. The Morgan fingerprint density at radius 2 is 1.95 bits per heavy atom. The second kappa shape index (κ2) is 6.91. The molecule has 0 aliphatic carbocycles. The van der Waals surface area contributed by atoms with Crippen LogP contribution in [0.4, 0.5) is 5.69 Å². The summed E-state index contributed by atoms with van der Waals surface area (Å²) in [5, 5.41) is 0. The summed E-state index contributed by atoms with van der Waals surface area (Å²) in [4.78, 5) is 6.52. The maximum Gasteiger partial charge on any atom is 0.218 e. The number of anilines is 1. The molecule has 4 nitrogen and oxygen atoms in total. The van der Waals surface area contributed by atoms with Crippen LogP contribution in [-0.2, 0) is 13.1 Å². The Balaban J connectivity index is 2.19. The van der Waals surface area contributed by atoms with E-state index >= 15 is 0 Å². The van der Waals surface area contributed by atoms with Crippen molar-refractivity contribution in [3.8, 4) is 5.88 Å². The third-order valence-electron chi connectivity index (χ3n) is 3.32. The molecule has 2 N–H and O–H groups in total. The van der Waals surface area contributed by atoms with Gasteiger partial charge >= 0.3 is 0 Å². The molecule has 0 unspecified atom stereocenters. The van der Waals surface area contributed by atoms with Crippen molar-refractivity contribution in [2.24, 2.45) is 5.73 Å². The zero-order valence-corrected chi connectivity index (χ0v) is 12.0. The summed E-state index contributed by atoms with van der Waals surface area (Å²) in [6, 6.07) is 12.3. The van der Waals surface area contributed by atoms with Crippen molar-refractivity contribution >= 4 is 5.69 Å². The summed E-state index contributed by atoms with van der Waals surface area (Å²) in [5.74, 6) is 0.685. The summed E-state index contributed by atoms with van der Waals surface area (Å²) >= 11 is 0. The number of pyridine rings is 1. The van der Waals surface area contributed by atoms with Crippen molar-refractivity contribution in [1.82, 2.24) is 4.98 Å². The third kappa shape index (κ3) is 3.27. The largest absolute Gasteiger partial charge is 0.481 e. The van der Waals surface area contributed by atoms with E-state index in [1.807, 2.05) is 12.1 Å². The Hall–Kier alpha value is -2.07. The van der Waals surface area contributed by atoms with Crippen LogP contribution >= 0.6 is 0 Å².